The minimum atomic E-state index is -0.998. The lowest BCUT2D eigenvalue weighted by Gasteiger charge is -2.26. The van der Waals surface area contributed by atoms with Crippen molar-refractivity contribution in [3.8, 4) is 6.07 Å². The molecule has 3 aromatic rings. The van der Waals surface area contributed by atoms with Crippen molar-refractivity contribution in [1.82, 2.24) is 14.9 Å². The van der Waals surface area contributed by atoms with Crippen LogP contribution in [-0.2, 0) is 4.74 Å². The first-order chi connectivity index (χ1) is 15.6. The van der Waals surface area contributed by atoms with E-state index in [0.29, 0.717) is 33.8 Å². The molecule has 1 fully saturated rings. The van der Waals surface area contributed by atoms with Crippen LogP contribution in [0.15, 0.2) is 36.7 Å². The number of carbonyl (C=O) groups is 1. The predicted octanol–water partition coefficient (Wildman–Crippen LogP) is 3.00. The van der Waals surface area contributed by atoms with Crippen molar-refractivity contribution in [1.29, 1.82) is 5.26 Å². The molecule has 4 rings (SSSR count). The highest BCUT2D eigenvalue weighted by molar-refractivity contribution is 5.98. The summed E-state index contributed by atoms with van der Waals surface area (Å²) in [4.78, 5) is 22.6. The highest BCUT2D eigenvalue weighted by Crippen LogP contribution is 2.31. The zero-order valence-electron chi connectivity index (χ0n) is 17.8. The Hall–Kier alpha value is -3.74. The Balaban J connectivity index is 1.62. The van der Waals surface area contributed by atoms with Crippen molar-refractivity contribution < 1.29 is 14.6 Å². The van der Waals surface area contributed by atoms with Gasteiger partial charge in [-0.3, -0.25) is 9.88 Å². The van der Waals surface area contributed by atoms with E-state index in [1.165, 1.54) is 6.20 Å². The SMILES string of the molecule is Cc1c(Nc2c(C#N)cnc3cnc(NCCN4CCOCC4)cc23)cccc1C(=O)O. The van der Waals surface area contributed by atoms with Gasteiger partial charge in [-0.1, -0.05) is 6.07 Å². The number of hydrogen-bond donors (Lipinski definition) is 3. The molecule has 1 saturated heterocycles. The van der Waals surface area contributed by atoms with Crippen LogP contribution in [0.5, 0.6) is 0 Å². The van der Waals surface area contributed by atoms with E-state index >= 15 is 0 Å². The molecule has 0 radical (unpaired) electrons. The average Bonchev–Trinajstić information content (AvgIpc) is 2.81. The minimum absolute atomic E-state index is 0.207. The second kappa shape index (κ2) is 9.60. The third-order valence-corrected chi connectivity index (χ3v) is 5.54. The van der Waals surface area contributed by atoms with Gasteiger partial charge in [0.2, 0.25) is 0 Å². The van der Waals surface area contributed by atoms with Crippen LogP contribution in [0.1, 0.15) is 21.5 Å². The second-order valence-electron chi connectivity index (χ2n) is 7.53. The monoisotopic (exact) mass is 432 g/mol. The Morgan fingerprint density at radius 3 is 2.84 bits per heavy atom. The van der Waals surface area contributed by atoms with Crippen LogP contribution in [0.3, 0.4) is 0 Å². The molecule has 0 amide bonds. The fraction of sp³-hybridized carbons (Fsp3) is 0.304. The molecule has 0 saturated carbocycles. The molecule has 0 aliphatic carbocycles. The number of anilines is 3. The Kier molecular flexibility index (Phi) is 6.44. The molecule has 0 bridgehead atoms. The number of nitriles is 1. The number of aromatic carboxylic acids is 1. The summed E-state index contributed by atoms with van der Waals surface area (Å²) in [7, 11) is 0. The molecule has 9 heteroatoms. The summed E-state index contributed by atoms with van der Waals surface area (Å²) in [6, 6.07) is 9.05. The smallest absolute Gasteiger partial charge is 0.336 e. The van der Waals surface area contributed by atoms with Gasteiger partial charge in [0.15, 0.2) is 0 Å². The van der Waals surface area contributed by atoms with E-state index in [1.807, 2.05) is 6.07 Å². The third-order valence-electron chi connectivity index (χ3n) is 5.54. The molecule has 3 heterocycles. The maximum atomic E-state index is 11.5. The van der Waals surface area contributed by atoms with Crippen molar-refractivity contribution in [3.63, 3.8) is 0 Å². The lowest BCUT2D eigenvalue weighted by Crippen LogP contribution is -2.39. The van der Waals surface area contributed by atoms with Gasteiger partial charge in [0, 0.05) is 43.4 Å². The number of fused-ring (bicyclic) bond motifs is 1. The van der Waals surface area contributed by atoms with E-state index in [4.69, 9.17) is 4.74 Å². The Morgan fingerprint density at radius 1 is 1.28 bits per heavy atom. The van der Waals surface area contributed by atoms with Crippen LogP contribution in [0.2, 0.25) is 0 Å². The summed E-state index contributed by atoms with van der Waals surface area (Å²) >= 11 is 0. The van der Waals surface area contributed by atoms with Gasteiger partial charge in [0.25, 0.3) is 0 Å². The molecule has 1 aromatic carbocycles. The normalized spacial score (nSPS) is 14.1. The molecule has 0 atom stereocenters. The summed E-state index contributed by atoms with van der Waals surface area (Å²) in [6.45, 7) is 6.71. The van der Waals surface area contributed by atoms with Gasteiger partial charge < -0.3 is 20.5 Å². The molecular weight excluding hydrogens is 408 g/mol. The number of nitrogens with zero attached hydrogens (tertiary/aromatic N) is 4. The van der Waals surface area contributed by atoms with Crippen molar-refractivity contribution in [2.45, 2.75) is 6.92 Å². The number of hydrogen-bond acceptors (Lipinski definition) is 8. The Labute approximate surface area is 185 Å². The lowest BCUT2D eigenvalue weighted by atomic mass is 10.1. The molecule has 1 aliphatic heterocycles. The number of nitrogens with one attached hydrogen (secondary N) is 2. The molecule has 2 aromatic heterocycles. The second-order valence-corrected chi connectivity index (χ2v) is 7.53. The molecular formula is C23H24N6O3. The van der Waals surface area contributed by atoms with Gasteiger partial charge in [-0.15, -0.1) is 0 Å². The number of rotatable bonds is 7. The highest BCUT2D eigenvalue weighted by Gasteiger charge is 2.15. The molecule has 0 unspecified atom stereocenters. The van der Waals surface area contributed by atoms with Gasteiger partial charge in [0.1, 0.15) is 11.9 Å². The zero-order chi connectivity index (χ0) is 22.5. The van der Waals surface area contributed by atoms with Crippen LogP contribution in [0.25, 0.3) is 10.9 Å². The number of aromatic nitrogens is 2. The molecule has 32 heavy (non-hydrogen) atoms. The minimum Gasteiger partial charge on any atom is -0.478 e. The van der Waals surface area contributed by atoms with Crippen molar-refractivity contribution in [2.24, 2.45) is 0 Å². The third kappa shape index (κ3) is 4.61. The first-order valence-corrected chi connectivity index (χ1v) is 10.4. The highest BCUT2D eigenvalue weighted by atomic mass is 16.5. The lowest BCUT2D eigenvalue weighted by molar-refractivity contribution is 0.0398. The van der Waals surface area contributed by atoms with Gasteiger partial charge in [-0.05, 0) is 30.7 Å². The van der Waals surface area contributed by atoms with E-state index in [2.05, 4.69) is 31.6 Å². The largest absolute Gasteiger partial charge is 0.478 e. The van der Waals surface area contributed by atoms with Crippen LogP contribution >= 0.6 is 0 Å². The number of benzene rings is 1. The fourth-order valence-electron chi connectivity index (χ4n) is 3.72. The summed E-state index contributed by atoms with van der Waals surface area (Å²) in [5, 5.41) is 26.4. The summed E-state index contributed by atoms with van der Waals surface area (Å²) < 4.78 is 5.38. The van der Waals surface area contributed by atoms with E-state index in [9.17, 15) is 15.2 Å². The standard InChI is InChI=1S/C23H24N6O3/c1-15-17(23(30)31)3-2-4-19(15)28-22-16(12-24)13-26-20-14-27-21(11-18(20)22)25-5-6-29-7-9-32-10-8-29/h2-4,11,13-14H,5-10H2,1H3,(H,25,27)(H,26,28)(H,30,31). The van der Waals surface area contributed by atoms with Crippen molar-refractivity contribution in [2.75, 3.05) is 50.0 Å². The van der Waals surface area contributed by atoms with Gasteiger partial charge in [-0.25, -0.2) is 9.78 Å². The fourth-order valence-corrected chi connectivity index (χ4v) is 3.72. The van der Waals surface area contributed by atoms with Gasteiger partial charge in [0.05, 0.1) is 41.7 Å². The van der Waals surface area contributed by atoms with E-state index in [0.717, 1.165) is 44.8 Å². The first kappa shape index (κ1) is 21.5. The number of carboxylic acid groups (broad SMARTS) is 1. The van der Waals surface area contributed by atoms with Gasteiger partial charge in [-0.2, -0.15) is 5.26 Å². The molecule has 9 nitrogen and oxygen atoms in total. The number of carboxylic acids is 1. The van der Waals surface area contributed by atoms with Crippen LogP contribution < -0.4 is 10.6 Å². The summed E-state index contributed by atoms with van der Waals surface area (Å²) in [6.07, 6.45) is 3.16. The number of morpholine rings is 1. The number of pyridine rings is 2. The van der Waals surface area contributed by atoms with Crippen molar-refractivity contribution in [3.05, 3.63) is 53.3 Å². The topological polar surface area (TPSA) is 123 Å². The van der Waals surface area contributed by atoms with E-state index in [-0.39, 0.29) is 5.56 Å². The maximum Gasteiger partial charge on any atom is 0.336 e. The molecule has 164 valence electrons. The van der Waals surface area contributed by atoms with Gasteiger partial charge >= 0.3 is 5.97 Å². The predicted molar refractivity (Wildman–Crippen MR) is 121 cm³/mol. The Morgan fingerprint density at radius 2 is 2.09 bits per heavy atom. The zero-order valence-corrected chi connectivity index (χ0v) is 17.8. The van der Waals surface area contributed by atoms with E-state index < -0.39 is 5.97 Å². The first-order valence-electron chi connectivity index (χ1n) is 10.4. The summed E-state index contributed by atoms with van der Waals surface area (Å²) in [5.41, 5.74) is 2.99. The van der Waals surface area contributed by atoms with E-state index in [1.54, 1.807) is 31.3 Å². The van der Waals surface area contributed by atoms with Crippen LogP contribution in [0, 0.1) is 18.3 Å². The molecule has 1 aliphatic rings. The quantitative estimate of drug-likeness (QED) is 0.517. The van der Waals surface area contributed by atoms with Crippen molar-refractivity contribution >= 4 is 34.1 Å². The summed E-state index contributed by atoms with van der Waals surface area (Å²) in [5.74, 6) is -0.316. The maximum absolute atomic E-state index is 11.5. The average molecular weight is 432 g/mol. The molecule has 3 N–H and O–H groups in total. The van der Waals surface area contributed by atoms with Crippen LogP contribution in [-0.4, -0.2) is 65.3 Å². The number of ether oxygens (including phenoxy) is 1. The Bertz CT molecular complexity index is 1180. The van der Waals surface area contributed by atoms with Crippen LogP contribution in [0.4, 0.5) is 17.2 Å². The molecule has 0 spiro atoms.